The maximum absolute atomic E-state index is 10.3. The van der Waals surface area contributed by atoms with E-state index in [4.69, 9.17) is 15.5 Å². The van der Waals surface area contributed by atoms with E-state index < -0.39 is 22.5 Å². The monoisotopic (exact) mass is 249 g/mol. The van der Waals surface area contributed by atoms with E-state index in [2.05, 4.69) is 9.05 Å². The zero-order valence-corrected chi connectivity index (χ0v) is 9.17. The zero-order valence-electron chi connectivity index (χ0n) is 7.17. The molecule has 0 heterocycles. The summed E-state index contributed by atoms with van der Waals surface area (Å²) in [6.45, 7) is 0.174. The van der Waals surface area contributed by atoms with Crippen LogP contribution in [0.1, 0.15) is 12.8 Å². The Morgan fingerprint density at radius 1 is 1.21 bits per heavy atom. The number of nitrogens with two attached hydrogens (primary N) is 1. The van der Waals surface area contributed by atoms with Crippen LogP contribution in [0.4, 0.5) is 0 Å². The standard InChI is InChI=1S/C4H13NO7P2/c5-3-1-2-4(6,11-13(7)8)12-14(9)10/h6,13-14H,1-3,5H2,(H,7,8)(H,9,10). The molecule has 0 bridgehead atoms. The summed E-state index contributed by atoms with van der Waals surface area (Å²) in [7, 11) is -6.93. The van der Waals surface area contributed by atoms with Gasteiger partial charge in [-0.15, -0.1) is 0 Å². The van der Waals surface area contributed by atoms with Crippen molar-refractivity contribution in [2.45, 2.75) is 18.8 Å². The van der Waals surface area contributed by atoms with Gasteiger partial charge in [0.15, 0.2) is 0 Å². The summed E-state index contributed by atoms with van der Waals surface area (Å²) in [4.78, 5) is 16.8. The van der Waals surface area contributed by atoms with Crippen molar-refractivity contribution in [3.63, 3.8) is 0 Å². The third-order valence-corrected chi connectivity index (χ3v) is 2.18. The van der Waals surface area contributed by atoms with Gasteiger partial charge in [0, 0.05) is 6.42 Å². The van der Waals surface area contributed by atoms with E-state index in [1.165, 1.54) is 0 Å². The maximum Gasteiger partial charge on any atom is 0.320 e. The minimum absolute atomic E-state index is 0.174. The van der Waals surface area contributed by atoms with Crippen molar-refractivity contribution in [2.75, 3.05) is 6.54 Å². The van der Waals surface area contributed by atoms with Crippen molar-refractivity contribution in [3.05, 3.63) is 0 Å². The third kappa shape index (κ3) is 6.64. The van der Waals surface area contributed by atoms with Crippen LogP contribution in [-0.4, -0.2) is 27.4 Å². The Labute approximate surface area is 81.5 Å². The fourth-order valence-corrected chi connectivity index (χ4v) is 1.64. The lowest BCUT2D eigenvalue weighted by Crippen LogP contribution is -2.32. The zero-order chi connectivity index (χ0) is 11.2. The predicted octanol–water partition coefficient (Wildman–Crippen LogP) is -0.831. The lowest BCUT2D eigenvalue weighted by Gasteiger charge is -2.24. The molecule has 0 amide bonds. The second-order valence-electron chi connectivity index (χ2n) is 2.34. The molecule has 0 aromatic heterocycles. The summed E-state index contributed by atoms with van der Waals surface area (Å²) in [5, 5.41) is 9.31. The van der Waals surface area contributed by atoms with Gasteiger partial charge in [-0.3, -0.25) is 18.2 Å². The Bertz CT molecular complexity index is 206. The van der Waals surface area contributed by atoms with E-state index in [-0.39, 0.29) is 19.4 Å². The Balaban J connectivity index is 4.31. The summed E-state index contributed by atoms with van der Waals surface area (Å²) in [5.74, 6) is -2.52. The van der Waals surface area contributed by atoms with Gasteiger partial charge in [0.25, 0.3) is 5.97 Å². The first kappa shape index (κ1) is 14.2. The van der Waals surface area contributed by atoms with Gasteiger partial charge in [-0.1, -0.05) is 0 Å². The van der Waals surface area contributed by atoms with Crippen LogP contribution >= 0.6 is 16.5 Å². The van der Waals surface area contributed by atoms with Crippen molar-refractivity contribution in [2.24, 2.45) is 5.73 Å². The van der Waals surface area contributed by atoms with Gasteiger partial charge in [-0.25, -0.2) is 0 Å². The van der Waals surface area contributed by atoms with E-state index in [1.807, 2.05) is 0 Å². The normalized spacial score (nSPS) is 20.0. The smallest absolute Gasteiger partial charge is 0.320 e. The Kier molecular flexibility index (Phi) is 6.76. The molecule has 0 rings (SSSR count). The molecule has 5 N–H and O–H groups in total. The van der Waals surface area contributed by atoms with Crippen LogP contribution < -0.4 is 5.73 Å². The van der Waals surface area contributed by atoms with Crippen molar-refractivity contribution in [1.29, 1.82) is 0 Å². The van der Waals surface area contributed by atoms with Crippen LogP contribution in [0.5, 0.6) is 0 Å². The average Bonchev–Trinajstić information content (AvgIpc) is 1.97. The molecule has 14 heavy (non-hydrogen) atoms. The molecule has 0 aliphatic rings. The summed E-state index contributed by atoms with van der Waals surface area (Å²) >= 11 is 0. The molecule has 8 nitrogen and oxygen atoms in total. The molecular formula is C4H13NO7P2. The quantitative estimate of drug-likeness (QED) is 0.338. The summed E-state index contributed by atoms with van der Waals surface area (Å²) < 4.78 is 28.7. The third-order valence-electron chi connectivity index (χ3n) is 1.19. The lowest BCUT2D eigenvalue weighted by atomic mass is 10.3. The number of hydrogen-bond acceptors (Lipinski definition) is 6. The predicted molar refractivity (Wildman–Crippen MR) is 47.8 cm³/mol. The van der Waals surface area contributed by atoms with Crippen LogP contribution in [0, 0.1) is 0 Å². The number of rotatable bonds is 7. The molecule has 0 aliphatic heterocycles. The van der Waals surface area contributed by atoms with Gasteiger partial charge in [-0.2, -0.15) is 0 Å². The van der Waals surface area contributed by atoms with Gasteiger partial charge in [-0.05, 0) is 13.0 Å². The molecule has 0 fully saturated rings. The van der Waals surface area contributed by atoms with Crippen LogP contribution in [0.15, 0.2) is 0 Å². The summed E-state index contributed by atoms with van der Waals surface area (Å²) in [6, 6.07) is 0. The van der Waals surface area contributed by atoms with Crippen molar-refractivity contribution < 1.29 is 33.1 Å². The maximum atomic E-state index is 10.3. The lowest BCUT2D eigenvalue weighted by molar-refractivity contribution is -0.277. The minimum Gasteiger partial charge on any atom is -0.343 e. The van der Waals surface area contributed by atoms with E-state index in [0.29, 0.717) is 0 Å². The molecule has 0 aromatic rings. The molecule has 2 atom stereocenters. The Morgan fingerprint density at radius 3 is 1.93 bits per heavy atom. The van der Waals surface area contributed by atoms with Gasteiger partial charge < -0.3 is 20.6 Å². The van der Waals surface area contributed by atoms with Crippen molar-refractivity contribution in [1.82, 2.24) is 0 Å². The van der Waals surface area contributed by atoms with Crippen LogP contribution in [0.3, 0.4) is 0 Å². The first-order valence-electron chi connectivity index (χ1n) is 3.66. The Hall–Kier alpha value is 0.220. The fourth-order valence-electron chi connectivity index (χ4n) is 0.721. The van der Waals surface area contributed by atoms with Gasteiger partial charge in [0.05, 0.1) is 0 Å². The topological polar surface area (TPSA) is 139 Å². The highest BCUT2D eigenvalue weighted by atomic mass is 31.1. The highest BCUT2D eigenvalue weighted by Crippen LogP contribution is 2.35. The van der Waals surface area contributed by atoms with E-state index >= 15 is 0 Å². The summed E-state index contributed by atoms with van der Waals surface area (Å²) in [5.41, 5.74) is 5.11. The van der Waals surface area contributed by atoms with Gasteiger partial charge >= 0.3 is 16.5 Å². The first-order valence-corrected chi connectivity index (χ1v) is 6.18. The molecule has 2 unspecified atom stereocenters. The van der Waals surface area contributed by atoms with Crippen LogP contribution in [-0.2, 0) is 18.2 Å². The second-order valence-corrected chi connectivity index (χ2v) is 3.81. The molecule has 0 spiro atoms. The Morgan fingerprint density at radius 2 is 1.64 bits per heavy atom. The van der Waals surface area contributed by atoms with E-state index in [1.54, 1.807) is 0 Å². The number of hydrogen-bond donors (Lipinski definition) is 4. The fraction of sp³-hybridized carbons (Fsp3) is 1.00. The number of aliphatic hydroxyl groups is 1. The molecule has 0 saturated carbocycles. The van der Waals surface area contributed by atoms with Crippen LogP contribution in [0.2, 0.25) is 0 Å². The average molecular weight is 249 g/mol. The highest BCUT2D eigenvalue weighted by molar-refractivity contribution is 7.33. The first-order chi connectivity index (χ1) is 6.39. The highest BCUT2D eigenvalue weighted by Gasteiger charge is 2.32. The van der Waals surface area contributed by atoms with Crippen molar-refractivity contribution in [3.8, 4) is 0 Å². The molecular weight excluding hydrogens is 236 g/mol. The van der Waals surface area contributed by atoms with Gasteiger partial charge in [0.1, 0.15) is 0 Å². The van der Waals surface area contributed by atoms with Crippen LogP contribution in [0.25, 0.3) is 0 Å². The van der Waals surface area contributed by atoms with Gasteiger partial charge in [0.2, 0.25) is 0 Å². The van der Waals surface area contributed by atoms with E-state index in [0.717, 1.165) is 0 Å². The largest absolute Gasteiger partial charge is 0.343 e. The molecule has 0 saturated heterocycles. The van der Waals surface area contributed by atoms with Crippen molar-refractivity contribution >= 4 is 16.5 Å². The SMILES string of the molecule is NCCCC(O)(O[PH](=O)O)O[PH](=O)O. The minimum atomic E-state index is -3.47. The second kappa shape index (κ2) is 6.66. The molecule has 86 valence electrons. The molecule has 10 heteroatoms. The summed E-state index contributed by atoms with van der Waals surface area (Å²) in [6.07, 6.45) is -0.0573. The molecule has 0 aliphatic carbocycles. The molecule has 0 radical (unpaired) electrons. The molecule has 0 aromatic carbocycles. The van der Waals surface area contributed by atoms with E-state index in [9.17, 15) is 14.2 Å².